The first kappa shape index (κ1) is 14.7. The van der Waals surface area contributed by atoms with E-state index in [0.29, 0.717) is 12.0 Å². The van der Waals surface area contributed by atoms with Crippen LogP contribution in [0.3, 0.4) is 0 Å². The second-order valence-corrected chi connectivity index (χ2v) is 5.71. The number of hydrogen-bond donors (Lipinski definition) is 1. The molecule has 0 spiro atoms. The maximum absolute atomic E-state index is 10.4. The first-order chi connectivity index (χ1) is 8.22. The van der Waals surface area contributed by atoms with E-state index < -0.39 is 5.97 Å². The van der Waals surface area contributed by atoms with Gasteiger partial charge < -0.3 is 15.0 Å². The van der Waals surface area contributed by atoms with Crippen LogP contribution in [0.5, 0.6) is 0 Å². The van der Waals surface area contributed by atoms with Gasteiger partial charge in [-0.05, 0) is 37.3 Å². The summed E-state index contributed by atoms with van der Waals surface area (Å²) in [5.74, 6) is -0.964. The lowest BCUT2D eigenvalue weighted by Gasteiger charge is -2.38. The van der Waals surface area contributed by atoms with Gasteiger partial charge in [0.15, 0.2) is 0 Å². The molecule has 0 heterocycles. The van der Waals surface area contributed by atoms with Gasteiger partial charge in [-0.2, -0.15) is 0 Å². The molecular weight excluding hydrogens is 228 g/mol. The number of aliphatic hydroxyl groups excluding tert-OH is 1. The quantitative estimate of drug-likeness (QED) is 0.469. The largest absolute Gasteiger partial charge is 0.545 e. The average molecular weight is 249 g/mol. The van der Waals surface area contributed by atoms with E-state index >= 15 is 0 Å². The molecule has 0 unspecified atom stereocenters. The normalized spacial score (nSPS) is 28.3. The van der Waals surface area contributed by atoms with Crippen molar-refractivity contribution in [1.82, 2.24) is 0 Å². The van der Waals surface area contributed by atoms with Crippen molar-refractivity contribution >= 4 is 5.97 Å². The molecular formula is C15H21O3-. The Hall–Kier alpha value is -1.35. The minimum atomic E-state index is -1.18. The summed E-state index contributed by atoms with van der Waals surface area (Å²) in [6.07, 6.45) is 7.09. The first-order valence-electron chi connectivity index (χ1n) is 6.16. The molecule has 2 atom stereocenters. The van der Waals surface area contributed by atoms with Crippen LogP contribution in [0.15, 0.2) is 35.5 Å². The van der Waals surface area contributed by atoms with Gasteiger partial charge in [0.05, 0.1) is 12.1 Å². The average Bonchev–Trinajstić information content (AvgIpc) is 2.12. The molecule has 0 radical (unpaired) electrons. The van der Waals surface area contributed by atoms with Gasteiger partial charge in [-0.15, -0.1) is 0 Å². The lowest BCUT2D eigenvalue weighted by atomic mass is 9.67. The SMILES string of the molecule is CC1=C[C@@H](O)CC(C)(C)[C@H]1/C=C/C(C)=C\C(=O)[O-]. The number of aliphatic hydroxyl groups is 1. The van der Waals surface area contributed by atoms with Crippen LogP contribution in [0.1, 0.15) is 34.1 Å². The molecule has 0 saturated carbocycles. The van der Waals surface area contributed by atoms with Crippen molar-refractivity contribution in [2.45, 2.75) is 40.2 Å². The zero-order valence-electron chi connectivity index (χ0n) is 11.4. The summed E-state index contributed by atoms with van der Waals surface area (Å²) in [4.78, 5) is 10.4. The fraction of sp³-hybridized carbons (Fsp3) is 0.533. The van der Waals surface area contributed by atoms with Crippen LogP contribution in [0.2, 0.25) is 0 Å². The highest BCUT2D eigenvalue weighted by Crippen LogP contribution is 2.41. The monoisotopic (exact) mass is 249 g/mol. The fourth-order valence-electron chi connectivity index (χ4n) is 2.64. The highest BCUT2D eigenvalue weighted by molar-refractivity contribution is 5.79. The highest BCUT2D eigenvalue weighted by atomic mass is 16.4. The van der Waals surface area contributed by atoms with E-state index in [2.05, 4.69) is 13.8 Å². The van der Waals surface area contributed by atoms with E-state index in [1.54, 1.807) is 13.0 Å². The van der Waals surface area contributed by atoms with Crippen LogP contribution in [0, 0.1) is 11.3 Å². The third-order valence-corrected chi connectivity index (χ3v) is 3.42. The molecule has 1 N–H and O–H groups in total. The zero-order chi connectivity index (χ0) is 13.9. The summed E-state index contributed by atoms with van der Waals surface area (Å²) in [5, 5.41) is 20.2. The van der Waals surface area contributed by atoms with Crippen LogP contribution in [-0.2, 0) is 4.79 Å². The number of allylic oxidation sites excluding steroid dienone is 4. The smallest absolute Gasteiger partial charge is 0.0729 e. The second kappa shape index (κ2) is 5.53. The summed E-state index contributed by atoms with van der Waals surface area (Å²) in [6, 6.07) is 0. The summed E-state index contributed by atoms with van der Waals surface area (Å²) in [5.41, 5.74) is 1.75. The van der Waals surface area contributed by atoms with Gasteiger partial charge >= 0.3 is 0 Å². The van der Waals surface area contributed by atoms with Gasteiger partial charge in [-0.1, -0.05) is 37.6 Å². The first-order valence-corrected chi connectivity index (χ1v) is 6.16. The molecule has 0 aliphatic heterocycles. The molecule has 1 aliphatic carbocycles. The molecule has 0 fully saturated rings. The van der Waals surface area contributed by atoms with E-state index in [9.17, 15) is 15.0 Å². The Morgan fingerprint density at radius 3 is 2.67 bits per heavy atom. The Kier molecular flexibility index (Phi) is 4.52. The molecule has 1 rings (SSSR count). The number of rotatable bonds is 3. The number of carboxylic acids is 1. The summed E-state index contributed by atoms with van der Waals surface area (Å²) < 4.78 is 0. The van der Waals surface area contributed by atoms with Crippen LogP contribution in [-0.4, -0.2) is 17.2 Å². The van der Waals surface area contributed by atoms with Crippen LogP contribution in [0.25, 0.3) is 0 Å². The second-order valence-electron chi connectivity index (χ2n) is 5.71. The predicted octanol–water partition coefficient (Wildman–Crippen LogP) is 1.59. The number of aliphatic carboxylic acids is 1. The van der Waals surface area contributed by atoms with Gasteiger partial charge in [0, 0.05) is 5.92 Å². The van der Waals surface area contributed by atoms with Crippen LogP contribution >= 0.6 is 0 Å². The number of carboxylic acid groups (broad SMARTS) is 1. The van der Waals surface area contributed by atoms with E-state index in [1.165, 1.54) is 0 Å². The van der Waals surface area contributed by atoms with Gasteiger partial charge in [0.1, 0.15) is 0 Å². The number of carbonyl (C=O) groups is 1. The summed E-state index contributed by atoms with van der Waals surface area (Å²) >= 11 is 0. The fourth-order valence-corrected chi connectivity index (χ4v) is 2.64. The maximum Gasteiger partial charge on any atom is 0.0729 e. The molecule has 100 valence electrons. The van der Waals surface area contributed by atoms with Crippen molar-refractivity contribution < 1.29 is 15.0 Å². The molecule has 0 saturated heterocycles. The molecule has 0 aromatic rings. The topological polar surface area (TPSA) is 60.4 Å². The summed E-state index contributed by atoms with van der Waals surface area (Å²) in [7, 11) is 0. The van der Waals surface area contributed by atoms with Crippen LogP contribution < -0.4 is 5.11 Å². The molecule has 18 heavy (non-hydrogen) atoms. The van der Waals surface area contributed by atoms with Gasteiger partial charge in [0.25, 0.3) is 0 Å². The Balaban J connectivity index is 2.92. The van der Waals surface area contributed by atoms with Crippen LogP contribution in [0.4, 0.5) is 0 Å². The lowest BCUT2D eigenvalue weighted by molar-refractivity contribution is -0.297. The van der Waals surface area contributed by atoms with E-state index in [0.717, 1.165) is 11.6 Å². The molecule has 3 heteroatoms. The minimum absolute atomic E-state index is 0.0312. The third kappa shape index (κ3) is 3.84. The Morgan fingerprint density at radius 2 is 2.17 bits per heavy atom. The highest BCUT2D eigenvalue weighted by Gasteiger charge is 2.34. The van der Waals surface area contributed by atoms with Crippen molar-refractivity contribution in [2.75, 3.05) is 0 Å². The lowest BCUT2D eigenvalue weighted by Crippen LogP contribution is -2.32. The third-order valence-electron chi connectivity index (χ3n) is 3.42. The van der Waals surface area contributed by atoms with E-state index in [-0.39, 0.29) is 17.4 Å². The van der Waals surface area contributed by atoms with E-state index in [1.807, 2.05) is 19.1 Å². The number of hydrogen-bond acceptors (Lipinski definition) is 3. The molecule has 0 aromatic heterocycles. The Morgan fingerprint density at radius 1 is 1.56 bits per heavy atom. The molecule has 0 aromatic carbocycles. The predicted molar refractivity (Wildman–Crippen MR) is 69.6 cm³/mol. The molecule has 3 nitrogen and oxygen atoms in total. The van der Waals surface area contributed by atoms with Gasteiger partial charge in [-0.25, -0.2) is 0 Å². The van der Waals surface area contributed by atoms with Gasteiger partial charge in [-0.3, -0.25) is 0 Å². The van der Waals surface area contributed by atoms with Crippen molar-refractivity contribution in [3.05, 3.63) is 35.5 Å². The van der Waals surface area contributed by atoms with E-state index in [4.69, 9.17) is 0 Å². The minimum Gasteiger partial charge on any atom is -0.545 e. The van der Waals surface area contributed by atoms with Crippen molar-refractivity contribution in [1.29, 1.82) is 0 Å². The standard InChI is InChI=1S/C15H22O3/c1-10(7-14(17)18)5-6-13-11(2)8-12(16)9-15(13,3)4/h5-8,12-13,16H,9H2,1-4H3,(H,17,18)/p-1/b6-5+,10-7-/t12-,13+/m1/s1. The summed E-state index contributed by atoms with van der Waals surface area (Å²) in [6.45, 7) is 7.95. The number of carbonyl (C=O) groups excluding carboxylic acids is 1. The Labute approximate surface area is 109 Å². The van der Waals surface area contributed by atoms with Crippen molar-refractivity contribution in [3.63, 3.8) is 0 Å². The van der Waals surface area contributed by atoms with Crippen molar-refractivity contribution in [3.8, 4) is 0 Å². The zero-order valence-corrected chi connectivity index (χ0v) is 11.4. The molecule has 0 amide bonds. The van der Waals surface area contributed by atoms with Gasteiger partial charge in [0.2, 0.25) is 0 Å². The van der Waals surface area contributed by atoms with Crippen molar-refractivity contribution in [2.24, 2.45) is 11.3 Å². The molecule has 1 aliphatic rings. The maximum atomic E-state index is 10.4. The molecule has 0 bridgehead atoms. The Bertz CT molecular complexity index is 413.